The van der Waals surface area contributed by atoms with Crippen LogP contribution in [0.15, 0.2) is 73.3 Å². The predicted octanol–water partition coefficient (Wildman–Crippen LogP) is 3.86. The molecule has 0 unspecified atom stereocenters. The van der Waals surface area contributed by atoms with Gasteiger partial charge in [-0.2, -0.15) is 0 Å². The molecule has 3 N–H and O–H groups in total. The Balaban J connectivity index is 1.69. The third kappa shape index (κ3) is 4.51. The largest absolute Gasteiger partial charge is 0.504 e. The van der Waals surface area contributed by atoms with Crippen LogP contribution in [0, 0.1) is 6.92 Å². The molecule has 0 spiro atoms. The smallest absolute Gasteiger partial charge is 0.253 e. The van der Waals surface area contributed by atoms with Crippen molar-refractivity contribution < 1.29 is 15.0 Å². The number of aromatic nitrogens is 3. The number of amides is 1. The van der Waals surface area contributed by atoms with Crippen LogP contribution >= 0.6 is 0 Å². The molecule has 3 heterocycles. The van der Waals surface area contributed by atoms with Gasteiger partial charge in [-0.05, 0) is 54.4 Å². The van der Waals surface area contributed by atoms with Gasteiger partial charge in [0.1, 0.15) is 5.69 Å². The molecule has 1 amide bonds. The third-order valence-corrected chi connectivity index (χ3v) is 4.74. The van der Waals surface area contributed by atoms with Crippen LogP contribution in [0.25, 0.3) is 22.5 Å². The van der Waals surface area contributed by atoms with Crippen LogP contribution in [0.3, 0.4) is 0 Å². The number of benzene rings is 1. The number of carbonyl (C=O) groups excluding carboxylic acids is 1. The van der Waals surface area contributed by atoms with Crippen molar-refractivity contribution in [1.82, 2.24) is 20.3 Å². The lowest BCUT2D eigenvalue weighted by molar-refractivity contribution is 0.0951. The van der Waals surface area contributed by atoms with Gasteiger partial charge in [0.25, 0.3) is 5.91 Å². The lowest BCUT2D eigenvalue weighted by atomic mass is 10.0. The number of phenolic OH excluding ortho intramolecular Hbond substituents is 2. The van der Waals surface area contributed by atoms with E-state index in [4.69, 9.17) is 0 Å². The maximum Gasteiger partial charge on any atom is 0.253 e. The topological polar surface area (TPSA) is 108 Å². The fraction of sp³-hybridized carbons (Fsp3) is 0.0833. The van der Waals surface area contributed by atoms with E-state index in [-0.39, 0.29) is 24.0 Å². The minimum absolute atomic E-state index is 0.171. The summed E-state index contributed by atoms with van der Waals surface area (Å²) >= 11 is 0. The highest BCUT2D eigenvalue weighted by atomic mass is 16.3. The molecule has 0 fully saturated rings. The number of hydrogen-bond donors (Lipinski definition) is 3. The molecule has 0 saturated heterocycles. The van der Waals surface area contributed by atoms with Crippen molar-refractivity contribution in [2.45, 2.75) is 13.5 Å². The molecule has 7 nitrogen and oxygen atoms in total. The molecule has 0 radical (unpaired) electrons. The average molecular weight is 412 g/mol. The molecule has 0 saturated carbocycles. The molecule has 0 atom stereocenters. The molecule has 154 valence electrons. The van der Waals surface area contributed by atoms with Crippen LogP contribution in [-0.2, 0) is 6.54 Å². The van der Waals surface area contributed by atoms with Gasteiger partial charge in [-0.3, -0.25) is 19.7 Å². The fourth-order valence-electron chi connectivity index (χ4n) is 3.17. The van der Waals surface area contributed by atoms with Crippen LogP contribution in [0.2, 0.25) is 0 Å². The summed E-state index contributed by atoms with van der Waals surface area (Å²) in [6.07, 6.45) is 6.84. The monoisotopic (exact) mass is 412 g/mol. The second-order valence-electron chi connectivity index (χ2n) is 7.09. The first-order chi connectivity index (χ1) is 15.0. The van der Waals surface area contributed by atoms with Gasteiger partial charge in [0.15, 0.2) is 11.5 Å². The van der Waals surface area contributed by atoms with Crippen LogP contribution in [0.5, 0.6) is 11.5 Å². The number of nitrogens with one attached hydrogen (secondary N) is 1. The highest BCUT2D eigenvalue weighted by molar-refractivity contribution is 6.00. The molecular weight excluding hydrogens is 392 g/mol. The second kappa shape index (κ2) is 8.62. The maximum atomic E-state index is 13.1. The van der Waals surface area contributed by atoms with Gasteiger partial charge in [0.2, 0.25) is 0 Å². The van der Waals surface area contributed by atoms with E-state index in [9.17, 15) is 15.0 Å². The summed E-state index contributed by atoms with van der Waals surface area (Å²) in [5.74, 6) is -0.782. The molecule has 4 aromatic rings. The number of nitrogens with zero attached hydrogens (tertiary/aromatic N) is 3. The van der Waals surface area contributed by atoms with E-state index in [1.54, 1.807) is 49.1 Å². The zero-order valence-electron chi connectivity index (χ0n) is 16.8. The summed E-state index contributed by atoms with van der Waals surface area (Å²) in [4.78, 5) is 26.2. The van der Waals surface area contributed by atoms with E-state index in [0.717, 1.165) is 16.7 Å². The first-order valence-corrected chi connectivity index (χ1v) is 9.64. The van der Waals surface area contributed by atoms with Gasteiger partial charge in [0.05, 0.1) is 11.3 Å². The Morgan fingerprint density at radius 2 is 1.77 bits per heavy atom. The van der Waals surface area contributed by atoms with Crippen LogP contribution in [0.1, 0.15) is 21.5 Å². The average Bonchev–Trinajstić information content (AvgIpc) is 2.80. The maximum absolute atomic E-state index is 13.1. The molecule has 1 aromatic carbocycles. The summed E-state index contributed by atoms with van der Waals surface area (Å²) in [5, 5.41) is 22.0. The standard InChI is InChI=1S/C24H20N4O3/c1-15-8-17(13-25-11-15)18-10-19(23(27-14-18)20-4-2-3-7-26-20)24(31)28-12-16-5-6-21(29)22(30)9-16/h2-11,13-14,29-30H,12H2,1H3,(H,28,31). The lowest BCUT2D eigenvalue weighted by Gasteiger charge is -2.12. The Morgan fingerprint density at radius 3 is 2.52 bits per heavy atom. The van der Waals surface area contributed by atoms with Gasteiger partial charge >= 0.3 is 0 Å². The Morgan fingerprint density at radius 1 is 0.935 bits per heavy atom. The zero-order valence-corrected chi connectivity index (χ0v) is 16.8. The van der Waals surface area contributed by atoms with E-state index < -0.39 is 0 Å². The van der Waals surface area contributed by atoms with Crippen LogP contribution in [0.4, 0.5) is 0 Å². The Bertz CT molecular complexity index is 1240. The summed E-state index contributed by atoms with van der Waals surface area (Å²) in [7, 11) is 0. The summed E-state index contributed by atoms with van der Waals surface area (Å²) in [5.41, 5.74) is 4.71. The van der Waals surface area contributed by atoms with Gasteiger partial charge < -0.3 is 15.5 Å². The highest BCUT2D eigenvalue weighted by Crippen LogP contribution is 2.27. The molecular formula is C24H20N4O3. The summed E-state index contributed by atoms with van der Waals surface area (Å²) in [6, 6.07) is 13.6. The quantitative estimate of drug-likeness (QED) is 0.430. The van der Waals surface area contributed by atoms with Crippen molar-refractivity contribution in [1.29, 1.82) is 0 Å². The number of pyridine rings is 3. The van der Waals surface area contributed by atoms with Gasteiger partial charge in [0, 0.05) is 42.5 Å². The number of rotatable bonds is 5. The Labute approximate surface area is 179 Å². The van der Waals surface area contributed by atoms with E-state index in [2.05, 4.69) is 20.3 Å². The van der Waals surface area contributed by atoms with E-state index in [1.165, 1.54) is 12.1 Å². The van der Waals surface area contributed by atoms with E-state index in [1.807, 2.05) is 19.1 Å². The molecule has 0 aliphatic heterocycles. The van der Waals surface area contributed by atoms with Gasteiger partial charge in [-0.1, -0.05) is 12.1 Å². The summed E-state index contributed by atoms with van der Waals surface area (Å²) < 4.78 is 0. The van der Waals surface area contributed by atoms with Crippen molar-refractivity contribution in [2.75, 3.05) is 0 Å². The number of aromatic hydroxyl groups is 2. The molecule has 3 aromatic heterocycles. The SMILES string of the molecule is Cc1cncc(-c2cnc(-c3ccccn3)c(C(=O)NCc3ccc(O)c(O)c3)c2)c1. The third-order valence-electron chi connectivity index (χ3n) is 4.74. The number of phenols is 2. The van der Waals surface area contributed by atoms with Crippen molar-refractivity contribution in [2.24, 2.45) is 0 Å². The van der Waals surface area contributed by atoms with Gasteiger partial charge in [-0.15, -0.1) is 0 Å². The molecule has 0 bridgehead atoms. The number of carbonyl (C=O) groups is 1. The minimum Gasteiger partial charge on any atom is -0.504 e. The Kier molecular flexibility index (Phi) is 5.57. The lowest BCUT2D eigenvalue weighted by Crippen LogP contribution is -2.24. The molecule has 0 aliphatic rings. The first-order valence-electron chi connectivity index (χ1n) is 9.64. The zero-order chi connectivity index (χ0) is 21.8. The second-order valence-corrected chi connectivity index (χ2v) is 7.09. The van der Waals surface area contributed by atoms with Crippen molar-refractivity contribution in [3.63, 3.8) is 0 Å². The minimum atomic E-state index is -0.330. The molecule has 4 rings (SSSR count). The van der Waals surface area contributed by atoms with Crippen molar-refractivity contribution in [3.8, 4) is 34.0 Å². The first kappa shape index (κ1) is 20.0. The normalized spacial score (nSPS) is 10.6. The highest BCUT2D eigenvalue weighted by Gasteiger charge is 2.17. The fourth-order valence-corrected chi connectivity index (χ4v) is 3.17. The summed E-state index contributed by atoms with van der Waals surface area (Å²) in [6.45, 7) is 2.12. The number of hydrogen-bond acceptors (Lipinski definition) is 6. The Hall–Kier alpha value is -4.26. The van der Waals surface area contributed by atoms with E-state index in [0.29, 0.717) is 22.5 Å². The molecule has 0 aliphatic carbocycles. The predicted molar refractivity (Wildman–Crippen MR) is 116 cm³/mol. The van der Waals surface area contributed by atoms with Crippen molar-refractivity contribution >= 4 is 5.91 Å². The van der Waals surface area contributed by atoms with Crippen LogP contribution < -0.4 is 5.32 Å². The van der Waals surface area contributed by atoms with Crippen LogP contribution in [-0.4, -0.2) is 31.1 Å². The molecule has 31 heavy (non-hydrogen) atoms. The van der Waals surface area contributed by atoms with Crippen molar-refractivity contribution in [3.05, 3.63) is 90.0 Å². The van der Waals surface area contributed by atoms with E-state index >= 15 is 0 Å². The molecule has 7 heteroatoms. The number of aryl methyl sites for hydroxylation is 1. The van der Waals surface area contributed by atoms with Gasteiger partial charge in [-0.25, -0.2) is 0 Å².